The van der Waals surface area contributed by atoms with E-state index in [1.165, 1.54) is 35.6 Å². The van der Waals surface area contributed by atoms with Crippen LogP contribution in [0.1, 0.15) is 10.4 Å². The van der Waals surface area contributed by atoms with Crippen molar-refractivity contribution >= 4 is 51.3 Å². The number of amides is 1. The molecule has 126 valence electrons. The molecule has 0 saturated heterocycles. The fourth-order valence-electron chi connectivity index (χ4n) is 2.08. The number of halogens is 2. The molecule has 3 aromatic rings. The van der Waals surface area contributed by atoms with E-state index in [0.717, 1.165) is 0 Å². The van der Waals surface area contributed by atoms with Gasteiger partial charge in [-0.25, -0.2) is 4.98 Å². The highest BCUT2D eigenvalue weighted by Gasteiger charge is 2.14. The number of anilines is 1. The Morgan fingerprint density at radius 2 is 2.00 bits per heavy atom. The van der Waals surface area contributed by atoms with Crippen molar-refractivity contribution in [3.05, 3.63) is 73.6 Å². The van der Waals surface area contributed by atoms with Crippen molar-refractivity contribution in [2.24, 2.45) is 0 Å². The molecule has 1 N–H and O–H groups in total. The third-order valence-corrected chi connectivity index (χ3v) is 4.57. The summed E-state index contributed by atoms with van der Waals surface area (Å²) in [6, 6.07) is 10.7. The second-order valence-electron chi connectivity index (χ2n) is 4.92. The van der Waals surface area contributed by atoms with E-state index < -0.39 is 10.8 Å². The van der Waals surface area contributed by atoms with Crippen LogP contribution in [0.5, 0.6) is 0 Å². The highest BCUT2D eigenvalue weighted by atomic mass is 35.5. The van der Waals surface area contributed by atoms with Crippen molar-refractivity contribution in [2.45, 2.75) is 0 Å². The zero-order chi connectivity index (χ0) is 18.0. The minimum Gasteiger partial charge on any atom is -0.298 e. The first-order valence-electron chi connectivity index (χ1n) is 6.91. The van der Waals surface area contributed by atoms with Gasteiger partial charge in [0, 0.05) is 28.1 Å². The van der Waals surface area contributed by atoms with Crippen LogP contribution in [-0.2, 0) is 0 Å². The molecule has 9 heteroatoms. The molecule has 3 rings (SSSR count). The van der Waals surface area contributed by atoms with Crippen molar-refractivity contribution < 1.29 is 9.72 Å². The van der Waals surface area contributed by atoms with Crippen molar-refractivity contribution in [1.82, 2.24) is 4.98 Å². The summed E-state index contributed by atoms with van der Waals surface area (Å²) in [5.41, 5.74) is 1.33. The Morgan fingerprint density at radius 1 is 1.20 bits per heavy atom. The molecule has 1 heterocycles. The molecular weight excluding hydrogens is 385 g/mol. The minimum atomic E-state index is -0.473. The smallest absolute Gasteiger partial charge is 0.270 e. The lowest BCUT2D eigenvalue weighted by molar-refractivity contribution is -0.384. The van der Waals surface area contributed by atoms with E-state index >= 15 is 0 Å². The Balaban J connectivity index is 1.82. The molecule has 0 bridgehead atoms. The molecule has 0 fully saturated rings. The molecule has 0 saturated carbocycles. The van der Waals surface area contributed by atoms with Crippen molar-refractivity contribution in [3.63, 3.8) is 0 Å². The van der Waals surface area contributed by atoms with Crippen molar-refractivity contribution in [2.75, 3.05) is 5.32 Å². The summed E-state index contributed by atoms with van der Waals surface area (Å²) in [7, 11) is 0. The van der Waals surface area contributed by atoms with E-state index in [9.17, 15) is 14.9 Å². The molecule has 1 amide bonds. The molecular formula is C16H9Cl2N3O3S. The number of nitrogens with zero attached hydrogens (tertiary/aromatic N) is 2. The molecule has 0 aliphatic rings. The first-order chi connectivity index (χ1) is 11.9. The van der Waals surface area contributed by atoms with E-state index in [4.69, 9.17) is 23.2 Å². The van der Waals surface area contributed by atoms with Gasteiger partial charge >= 0.3 is 0 Å². The predicted molar refractivity (Wildman–Crippen MR) is 98.6 cm³/mol. The number of aromatic nitrogens is 1. The van der Waals surface area contributed by atoms with Crippen molar-refractivity contribution in [1.29, 1.82) is 0 Å². The van der Waals surface area contributed by atoms with Crippen LogP contribution < -0.4 is 5.32 Å². The van der Waals surface area contributed by atoms with Gasteiger partial charge in [0.2, 0.25) is 0 Å². The molecule has 2 aromatic carbocycles. The number of hydrogen-bond donors (Lipinski definition) is 1. The lowest BCUT2D eigenvalue weighted by Gasteiger charge is -2.04. The molecule has 0 radical (unpaired) electrons. The molecule has 1 aromatic heterocycles. The quantitative estimate of drug-likeness (QED) is 0.482. The monoisotopic (exact) mass is 393 g/mol. The van der Waals surface area contributed by atoms with Crippen LogP contribution in [0.2, 0.25) is 10.0 Å². The maximum atomic E-state index is 12.3. The average molecular weight is 394 g/mol. The van der Waals surface area contributed by atoms with Crippen molar-refractivity contribution in [3.8, 4) is 11.3 Å². The molecule has 0 unspecified atom stereocenters. The van der Waals surface area contributed by atoms with Gasteiger partial charge in [-0.15, -0.1) is 11.3 Å². The summed E-state index contributed by atoms with van der Waals surface area (Å²) < 4.78 is 0. The summed E-state index contributed by atoms with van der Waals surface area (Å²) in [5.74, 6) is -0.438. The standard InChI is InChI=1S/C16H9Cl2N3O3S/c17-10-4-5-13(18)12(7-10)15(22)20-16-19-14(8-25-16)9-2-1-3-11(6-9)21(23)24/h1-8H,(H,19,20,22). The number of hydrogen-bond acceptors (Lipinski definition) is 5. The fraction of sp³-hybridized carbons (Fsp3) is 0. The number of carbonyl (C=O) groups is 1. The van der Waals surface area contributed by atoms with Gasteiger partial charge in [0.25, 0.3) is 11.6 Å². The van der Waals surface area contributed by atoms with Gasteiger partial charge in [-0.3, -0.25) is 20.2 Å². The van der Waals surface area contributed by atoms with Gasteiger partial charge in [0.05, 0.1) is 21.2 Å². The molecule has 25 heavy (non-hydrogen) atoms. The van der Waals surface area contributed by atoms with Gasteiger partial charge in [-0.2, -0.15) is 0 Å². The SMILES string of the molecule is O=C(Nc1nc(-c2cccc([N+](=O)[O-])c2)cs1)c1cc(Cl)ccc1Cl. The number of benzene rings is 2. The number of carbonyl (C=O) groups excluding carboxylic acids is 1. The van der Waals surface area contributed by atoms with Gasteiger partial charge in [0.1, 0.15) is 0 Å². The Bertz CT molecular complexity index is 975. The molecule has 0 spiro atoms. The van der Waals surface area contributed by atoms with E-state index in [0.29, 0.717) is 21.4 Å². The van der Waals surface area contributed by atoms with E-state index in [-0.39, 0.29) is 16.3 Å². The zero-order valence-corrected chi connectivity index (χ0v) is 14.7. The van der Waals surface area contributed by atoms with Crippen LogP contribution in [0.4, 0.5) is 10.8 Å². The number of non-ortho nitro benzene ring substituents is 1. The average Bonchev–Trinajstić information content (AvgIpc) is 3.05. The first-order valence-corrected chi connectivity index (χ1v) is 8.54. The van der Waals surface area contributed by atoms with Gasteiger partial charge in [0.15, 0.2) is 5.13 Å². The number of nitro groups is 1. The predicted octanol–water partition coefficient (Wildman–Crippen LogP) is 5.28. The van der Waals surface area contributed by atoms with Gasteiger partial charge < -0.3 is 0 Å². The summed E-state index contributed by atoms with van der Waals surface area (Å²) in [5, 5.41) is 16.2. The number of rotatable bonds is 4. The van der Waals surface area contributed by atoms with Crippen LogP contribution in [0, 0.1) is 10.1 Å². The maximum Gasteiger partial charge on any atom is 0.270 e. The van der Waals surface area contributed by atoms with E-state index in [1.807, 2.05) is 0 Å². The second kappa shape index (κ2) is 7.18. The third-order valence-electron chi connectivity index (χ3n) is 3.25. The van der Waals surface area contributed by atoms with E-state index in [1.54, 1.807) is 23.6 Å². The Kier molecular flexibility index (Phi) is 4.98. The van der Waals surface area contributed by atoms with E-state index in [2.05, 4.69) is 10.3 Å². The number of nitro benzene ring substituents is 1. The van der Waals surface area contributed by atoms with Crippen LogP contribution in [0.25, 0.3) is 11.3 Å². The fourth-order valence-corrected chi connectivity index (χ4v) is 3.17. The Hall–Kier alpha value is -2.48. The number of thiazole rings is 1. The summed E-state index contributed by atoms with van der Waals surface area (Å²) in [4.78, 5) is 27.0. The highest BCUT2D eigenvalue weighted by molar-refractivity contribution is 7.14. The molecule has 0 atom stereocenters. The largest absolute Gasteiger partial charge is 0.298 e. The Labute approximate surface area is 156 Å². The highest BCUT2D eigenvalue weighted by Crippen LogP contribution is 2.28. The second-order valence-corrected chi connectivity index (χ2v) is 6.63. The molecule has 0 aliphatic carbocycles. The van der Waals surface area contributed by atoms with Crippen LogP contribution >= 0.6 is 34.5 Å². The van der Waals surface area contributed by atoms with Crippen LogP contribution in [0.15, 0.2) is 47.8 Å². The maximum absolute atomic E-state index is 12.3. The number of nitrogens with one attached hydrogen (secondary N) is 1. The topological polar surface area (TPSA) is 85.1 Å². The first kappa shape index (κ1) is 17.3. The summed E-state index contributed by atoms with van der Waals surface area (Å²) in [6.45, 7) is 0. The lowest BCUT2D eigenvalue weighted by Crippen LogP contribution is -2.12. The van der Waals surface area contributed by atoms with Gasteiger partial charge in [-0.05, 0) is 18.2 Å². The summed E-state index contributed by atoms with van der Waals surface area (Å²) >= 11 is 13.1. The molecule has 0 aliphatic heterocycles. The third kappa shape index (κ3) is 3.96. The zero-order valence-electron chi connectivity index (χ0n) is 12.4. The summed E-state index contributed by atoms with van der Waals surface area (Å²) in [6.07, 6.45) is 0. The minimum absolute atomic E-state index is 0.0261. The van der Waals surface area contributed by atoms with Crippen LogP contribution in [-0.4, -0.2) is 15.8 Å². The van der Waals surface area contributed by atoms with Crippen LogP contribution in [0.3, 0.4) is 0 Å². The van der Waals surface area contributed by atoms with Gasteiger partial charge in [-0.1, -0.05) is 35.3 Å². The normalized spacial score (nSPS) is 10.5. The molecule has 6 nitrogen and oxygen atoms in total. The lowest BCUT2D eigenvalue weighted by atomic mass is 10.1. The Morgan fingerprint density at radius 3 is 2.76 bits per heavy atom.